The molecule has 1 aliphatic carbocycles. The van der Waals surface area contributed by atoms with Crippen molar-refractivity contribution in [3.05, 3.63) is 71.8 Å². The van der Waals surface area contributed by atoms with E-state index in [1.165, 1.54) is 0 Å². The molecule has 2 saturated heterocycles. The zero-order valence-electron chi connectivity index (χ0n) is 28.0. The van der Waals surface area contributed by atoms with Crippen molar-refractivity contribution < 1.29 is 29.3 Å². The van der Waals surface area contributed by atoms with Gasteiger partial charge in [0.25, 0.3) is 0 Å². The maximum absolute atomic E-state index is 14.5. The largest absolute Gasteiger partial charge is 0.391 e. The third-order valence-electron chi connectivity index (χ3n) is 10.4. The van der Waals surface area contributed by atoms with E-state index in [2.05, 4.69) is 17.6 Å². The molecule has 1 saturated carbocycles. The molecular weight excluding hydrogens is 596 g/mol. The molecule has 0 bridgehead atoms. The average Bonchev–Trinajstić information content (AvgIpc) is 3.56. The molecule has 7 atom stereocenters. The van der Waals surface area contributed by atoms with Crippen LogP contribution in [0.5, 0.6) is 0 Å². The van der Waals surface area contributed by atoms with Gasteiger partial charge in [0, 0.05) is 19.6 Å². The van der Waals surface area contributed by atoms with Gasteiger partial charge in [0.15, 0.2) is 0 Å². The van der Waals surface area contributed by atoms with Crippen LogP contribution in [0.4, 0.5) is 4.79 Å². The minimum atomic E-state index is -1.06. The Balaban J connectivity index is 1.39. The molecule has 2 aliphatic heterocycles. The number of ether oxygens (including phenoxy) is 1. The minimum absolute atomic E-state index is 0.0409. The van der Waals surface area contributed by atoms with Crippen molar-refractivity contribution in [2.24, 2.45) is 17.3 Å². The smallest absolute Gasteiger partial charge is 0.318 e. The number of likely N-dealkylation sites (tertiary alicyclic amines) is 1. The van der Waals surface area contributed by atoms with Crippen molar-refractivity contribution >= 4 is 17.8 Å². The quantitative estimate of drug-likeness (QED) is 0.280. The maximum Gasteiger partial charge on any atom is 0.318 e. The van der Waals surface area contributed by atoms with Gasteiger partial charge in [0.05, 0.1) is 42.9 Å². The Morgan fingerprint density at radius 1 is 0.957 bits per heavy atom. The number of nitrogens with zero attached hydrogens (tertiary/aromatic N) is 2. The van der Waals surface area contributed by atoms with Gasteiger partial charge in [-0.25, -0.2) is 4.79 Å². The second kappa shape index (κ2) is 15.6. The van der Waals surface area contributed by atoms with E-state index in [9.17, 15) is 24.6 Å². The van der Waals surface area contributed by atoms with Crippen LogP contribution in [0.3, 0.4) is 0 Å². The van der Waals surface area contributed by atoms with Crippen LogP contribution < -0.4 is 10.6 Å². The first-order valence-electron chi connectivity index (χ1n) is 17.3. The Hall–Kier alpha value is -3.47. The highest BCUT2D eigenvalue weighted by Crippen LogP contribution is 2.44. The van der Waals surface area contributed by atoms with Crippen LogP contribution in [0.25, 0.3) is 0 Å². The van der Waals surface area contributed by atoms with Crippen LogP contribution in [0.2, 0.25) is 0 Å². The highest BCUT2D eigenvalue weighted by Gasteiger charge is 2.53. The van der Waals surface area contributed by atoms with E-state index in [0.717, 1.165) is 17.5 Å². The van der Waals surface area contributed by atoms with Crippen LogP contribution in [-0.4, -0.2) is 101 Å². The Morgan fingerprint density at radius 3 is 2.19 bits per heavy atom. The van der Waals surface area contributed by atoms with Gasteiger partial charge >= 0.3 is 6.03 Å². The number of morpholine rings is 1. The first-order chi connectivity index (χ1) is 22.6. The van der Waals surface area contributed by atoms with Gasteiger partial charge < -0.3 is 35.4 Å². The molecule has 3 aliphatic rings. The molecule has 10 nitrogen and oxygen atoms in total. The summed E-state index contributed by atoms with van der Waals surface area (Å²) in [4.78, 5) is 44.9. The van der Waals surface area contributed by atoms with Crippen molar-refractivity contribution in [2.45, 2.75) is 89.6 Å². The Morgan fingerprint density at radius 2 is 1.60 bits per heavy atom. The second-order valence-corrected chi connectivity index (χ2v) is 14.2. The number of hydrogen-bond donors (Lipinski definition) is 4. The number of carbonyl (C=O) groups excluding carboxylic acids is 3. The highest BCUT2D eigenvalue weighted by molar-refractivity contribution is 5.88. The maximum atomic E-state index is 14.5. The predicted octanol–water partition coefficient (Wildman–Crippen LogP) is 3.15. The van der Waals surface area contributed by atoms with Gasteiger partial charge in [-0.05, 0) is 61.5 Å². The normalized spacial score (nSPS) is 26.7. The van der Waals surface area contributed by atoms with E-state index in [1.54, 1.807) is 4.90 Å². The fraction of sp³-hybridized carbons (Fsp3) is 0.595. The van der Waals surface area contributed by atoms with Crippen LogP contribution in [-0.2, 0) is 27.2 Å². The number of aliphatic hydroxyl groups excluding tert-OH is 2. The molecule has 4 N–H and O–H groups in total. The lowest BCUT2D eigenvalue weighted by Gasteiger charge is -2.36. The van der Waals surface area contributed by atoms with Gasteiger partial charge in [0.2, 0.25) is 11.8 Å². The second-order valence-electron chi connectivity index (χ2n) is 14.2. The summed E-state index contributed by atoms with van der Waals surface area (Å²) in [5.41, 5.74) is 1.05. The number of hydrogen-bond acceptors (Lipinski definition) is 6. The monoisotopic (exact) mass is 648 g/mol. The zero-order chi connectivity index (χ0) is 33.6. The molecule has 5 rings (SSSR count). The molecule has 0 spiro atoms. The molecule has 2 aromatic rings. The Labute approximate surface area is 278 Å². The van der Waals surface area contributed by atoms with Crippen molar-refractivity contribution in [2.75, 3.05) is 32.8 Å². The summed E-state index contributed by atoms with van der Waals surface area (Å²) in [6.07, 6.45) is 1.43. The number of urea groups is 1. The summed E-state index contributed by atoms with van der Waals surface area (Å²) in [5.74, 6) is -0.428. The van der Waals surface area contributed by atoms with E-state index in [0.29, 0.717) is 58.5 Å². The average molecular weight is 649 g/mol. The first-order valence-corrected chi connectivity index (χ1v) is 17.3. The van der Waals surface area contributed by atoms with Crippen molar-refractivity contribution in [1.82, 2.24) is 20.4 Å². The zero-order valence-corrected chi connectivity index (χ0v) is 28.0. The lowest BCUT2D eigenvalue weighted by atomic mass is 9.74. The SMILES string of the molecule is CC(C)[C@H](NC(=O)N1CCOCC1)C(=O)N[C@@H](Cc1ccccc1)[C@@H](O)C[C@]1(Cc2ccccc2)CCN([C@H]2[C@H](C)CC[C@H]2O)C1=O. The van der Waals surface area contributed by atoms with Crippen molar-refractivity contribution in [1.29, 1.82) is 0 Å². The van der Waals surface area contributed by atoms with Crippen LogP contribution in [0.1, 0.15) is 57.6 Å². The summed E-state index contributed by atoms with van der Waals surface area (Å²) in [5, 5.41) is 28.9. The van der Waals surface area contributed by atoms with Crippen molar-refractivity contribution in [3.63, 3.8) is 0 Å². The van der Waals surface area contributed by atoms with E-state index in [1.807, 2.05) is 79.4 Å². The number of benzene rings is 2. The van der Waals surface area contributed by atoms with Gasteiger partial charge in [-0.3, -0.25) is 9.59 Å². The molecule has 0 aromatic heterocycles. The number of rotatable bonds is 12. The molecule has 256 valence electrons. The molecule has 0 unspecified atom stereocenters. The van der Waals surface area contributed by atoms with Gasteiger partial charge in [-0.2, -0.15) is 0 Å². The number of aliphatic hydroxyl groups is 2. The number of nitrogens with one attached hydrogen (secondary N) is 2. The fourth-order valence-electron chi connectivity index (χ4n) is 7.71. The van der Waals surface area contributed by atoms with Gasteiger partial charge in [-0.15, -0.1) is 0 Å². The highest BCUT2D eigenvalue weighted by atomic mass is 16.5. The van der Waals surface area contributed by atoms with Crippen LogP contribution in [0.15, 0.2) is 60.7 Å². The summed E-state index contributed by atoms with van der Waals surface area (Å²) in [7, 11) is 0. The molecule has 47 heavy (non-hydrogen) atoms. The molecule has 4 amide bonds. The lowest BCUT2D eigenvalue weighted by Crippen LogP contribution is -2.58. The topological polar surface area (TPSA) is 131 Å². The number of carbonyl (C=O) groups is 3. The van der Waals surface area contributed by atoms with E-state index in [4.69, 9.17) is 4.74 Å². The summed E-state index contributed by atoms with van der Waals surface area (Å²) >= 11 is 0. The number of amides is 4. The minimum Gasteiger partial charge on any atom is -0.391 e. The molecule has 0 radical (unpaired) electrons. The van der Waals surface area contributed by atoms with E-state index >= 15 is 0 Å². The van der Waals surface area contributed by atoms with Crippen LogP contribution in [0, 0.1) is 17.3 Å². The molecular formula is C37H52N4O6. The standard InChI is InChI=1S/C37H52N4O6/c1-25(2)32(39-36(46)40-18-20-47-21-19-40)34(44)38-29(22-27-10-6-4-7-11-27)31(43)24-37(23-28-12-8-5-9-13-28)16-17-41(35(37)45)33-26(3)14-15-30(33)42/h4-13,25-26,29-33,42-43H,14-24H2,1-3H3,(H,38,44)(H,39,46)/t26-,29+,30-,31+,32+,33+,37-/m1/s1. The Bertz CT molecular complexity index is 1330. The Kier molecular flexibility index (Phi) is 11.6. The van der Waals surface area contributed by atoms with E-state index in [-0.39, 0.29) is 42.1 Å². The third-order valence-corrected chi connectivity index (χ3v) is 10.4. The predicted molar refractivity (Wildman–Crippen MR) is 179 cm³/mol. The van der Waals surface area contributed by atoms with Crippen LogP contribution >= 0.6 is 0 Å². The van der Waals surface area contributed by atoms with Gasteiger partial charge in [0.1, 0.15) is 6.04 Å². The summed E-state index contributed by atoms with van der Waals surface area (Å²) < 4.78 is 5.37. The fourth-order valence-corrected chi connectivity index (χ4v) is 7.71. The van der Waals surface area contributed by atoms with Crippen molar-refractivity contribution in [3.8, 4) is 0 Å². The molecule has 2 aromatic carbocycles. The third kappa shape index (κ3) is 8.34. The van der Waals surface area contributed by atoms with Gasteiger partial charge in [-0.1, -0.05) is 81.4 Å². The molecule has 3 fully saturated rings. The molecule has 10 heteroatoms. The molecule has 2 heterocycles. The lowest BCUT2D eigenvalue weighted by molar-refractivity contribution is -0.142. The summed E-state index contributed by atoms with van der Waals surface area (Å²) in [6, 6.07) is 17.4. The van der Waals surface area contributed by atoms with E-state index < -0.39 is 29.7 Å². The summed E-state index contributed by atoms with van der Waals surface area (Å²) in [6.45, 7) is 8.19. The first kappa shape index (κ1) is 34.9.